The molecule has 0 saturated carbocycles. The molecule has 0 amide bonds. The Hall–Kier alpha value is -0.640. The first kappa shape index (κ1) is 16.4. The highest BCUT2D eigenvalue weighted by molar-refractivity contribution is 9.10. The number of halogens is 1. The van der Waals surface area contributed by atoms with E-state index in [1.807, 2.05) is 0 Å². The lowest BCUT2D eigenvalue weighted by molar-refractivity contribution is 0.583. The molecular formula is C10H15BrN2O4S2. The zero-order chi connectivity index (χ0) is 14.7. The number of rotatable bonds is 6. The lowest BCUT2D eigenvalue weighted by Crippen LogP contribution is -2.37. The van der Waals surface area contributed by atoms with Gasteiger partial charge < -0.3 is 0 Å². The number of benzene rings is 1. The molecule has 0 radical (unpaired) electrons. The predicted octanol–water partition coefficient (Wildman–Crippen LogP) is 0.764. The van der Waals surface area contributed by atoms with Gasteiger partial charge in [-0.2, -0.15) is 0 Å². The molecular weight excluding hydrogens is 356 g/mol. The fraction of sp³-hybridized carbons (Fsp3) is 0.400. The van der Waals surface area contributed by atoms with Gasteiger partial charge in [0, 0.05) is 17.6 Å². The molecule has 9 heteroatoms. The lowest BCUT2D eigenvalue weighted by Gasteiger charge is -2.22. The Bertz CT molecular complexity index is 643. The van der Waals surface area contributed by atoms with Crippen molar-refractivity contribution in [3.8, 4) is 0 Å². The van der Waals surface area contributed by atoms with E-state index in [0.717, 1.165) is 21.3 Å². The smallest absolute Gasteiger partial charge is 0.232 e. The summed E-state index contributed by atoms with van der Waals surface area (Å²) < 4.78 is 49.6. The molecule has 0 aliphatic rings. The van der Waals surface area contributed by atoms with E-state index >= 15 is 0 Å². The van der Waals surface area contributed by atoms with Crippen molar-refractivity contribution >= 4 is 41.7 Å². The predicted molar refractivity (Wildman–Crippen MR) is 79.2 cm³/mol. The van der Waals surface area contributed by atoms with Gasteiger partial charge in [0.15, 0.2) is 0 Å². The molecule has 0 spiro atoms. The molecule has 6 nitrogen and oxygen atoms in total. The van der Waals surface area contributed by atoms with Crippen LogP contribution in [0.15, 0.2) is 28.7 Å². The van der Waals surface area contributed by atoms with Crippen molar-refractivity contribution in [1.29, 1.82) is 0 Å². The monoisotopic (exact) mass is 370 g/mol. The SMILES string of the molecule is CS(=O)(=O)NCCN(c1cccc(Br)c1)S(C)(=O)=O. The molecule has 0 aromatic heterocycles. The van der Waals surface area contributed by atoms with Crippen molar-refractivity contribution < 1.29 is 16.8 Å². The first-order chi connectivity index (χ1) is 8.59. The van der Waals surface area contributed by atoms with Crippen LogP contribution in [0.3, 0.4) is 0 Å². The van der Waals surface area contributed by atoms with E-state index in [9.17, 15) is 16.8 Å². The minimum absolute atomic E-state index is 0.0123. The van der Waals surface area contributed by atoms with Crippen molar-refractivity contribution in [2.24, 2.45) is 0 Å². The van der Waals surface area contributed by atoms with Crippen molar-refractivity contribution in [2.45, 2.75) is 0 Å². The van der Waals surface area contributed by atoms with Gasteiger partial charge in [-0.3, -0.25) is 4.31 Å². The van der Waals surface area contributed by atoms with Gasteiger partial charge in [0.25, 0.3) is 0 Å². The molecule has 0 saturated heterocycles. The quantitative estimate of drug-likeness (QED) is 0.801. The molecule has 0 heterocycles. The molecule has 1 N–H and O–H groups in total. The highest BCUT2D eigenvalue weighted by Gasteiger charge is 2.17. The van der Waals surface area contributed by atoms with Crippen molar-refractivity contribution in [2.75, 3.05) is 29.9 Å². The third-order valence-corrected chi connectivity index (χ3v) is 4.59. The first-order valence-electron chi connectivity index (χ1n) is 5.27. The van der Waals surface area contributed by atoms with E-state index in [1.165, 1.54) is 0 Å². The first-order valence-corrected chi connectivity index (χ1v) is 9.81. The number of anilines is 1. The molecule has 0 unspecified atom stereocenters. The molecule has 0 bridgehead atoms. The largest absolute Gasteiger partial charge is 0.269 e. The number of hydrogen-bond donors (Lipinski definition) is 1. The Kier molecular flexibility index (Phi) is 5.36. The number of nitrogens with one attached hydrogen (secondary N) is 1. The van der Waals surface area contributed by atoms with Crippen LogP contribution in [0.25, 0.3) is 0 Å². The maximum atomic E-state index is 11.7. The minimum atomic E-state index is -3.47. The van der Waals surface area contributed by atoms with E-state index in [0.29, 0.717) is 5.69 Å². The second-order valence-electron chi connectivity index (χ2n) is 3.98. The minimum Gasteiger partial charge on any atom is -0.269 e. The highest BCUT2D eigenvalue weighted by atomic mass is 79.9. The summed E-state index contributed by atoms with van der Waals surface area (Å²) in [6.07, 6.45) is 2.10. The summed E-state index contributed by atoms with van der Waals surface area (Å²) in [6, 6.07) is 6.79. The van der Waals surface area contributed by atoms with Crippen LogP contribution in [-0.4, -0.2) is 42.4 Å². The van der Waals surface area contributed by atoms with E-state index in [1.54, 1.807) is 24.3 Å². The lowest BCUT2D eigenvalue weighted by atomic mass is 10.3. The number of sulfonamides is 2. The molecule has 1 rings (SSSR count). The maximum Gasteiger partial charge on any atom is 0.232 e. The van der Waals surface area contributed by atoms with Gasteiger partial charge in [-0.05, 0) is 18.2 Å². The summed E-state index contributed by atoms with van der Waals surface area (Å²) in [5, 5.41) is 0. The summed E-state index contributed by atoms with van der Waals surface area (Å²) in [7, 11) is -6.81. The highest BCUT2D eigenvalue weighted by Crippen LogP contribution is 2.21. The van der Waals surface area contributed by atoms with Crippen molar-refractivity contribution in [3.05, 3.63) is 28.7 Å². The number of nitrogens with zero attached hydrogens (tertiary/aromatic N) is 1. The molecule has 1 aromatic rings. The second kappa shape index (κ2) is 6.21. The van der Waals surface area contributed by atoms with Crippen LogP contribution in [0.5, 0.6) is 0 Å². The zero-order valence-corrected chi connectivity index (χ0v) is 13.7. The normalized spacial score (nSPS) is 12.4. The Morgan fingerprint density at radius 3 is 2.32 bits per heavy atom. The van der Waals surface area contributed by atoms with Gasteiger partial charge in [0.05, 0.1) is 18.2 Å². The zero-order valence-electron chi connectivity index (χ0n) is 10.5. The fourth-order valence-electron chi connectivity index (χ4n) is 1.45. The molecule has 1 aromatic carbocycles. The van der Waals surface area contributed by atoms with E-state index in [2.05, 4.69) is 20.7 Å². The summed E-state index contributed by atoms with van der Waals surface area (Å²) in [4.78, 5) is 0. The summed E-state index contributed by atoms with van der Waals surface area (Å²) in [6.45, 7) is 0.0424. The third-order valence-electron chi connectivity index (χ3n) is 2.18. The average Bonchev–Trinajstić information content (AvgIpc) is 2.21. The van der Waals surface area contributed by atoms with Gasteiger partial charge in [-0.15, -0.1) is 0 Å². The topological polar surface area (TPSA) is 83.6 Å². The fourth-order valence-corrected chi connectivity index (χ4v) is 3.22. The van der Waals surface area contributed by atoms with Gasteiger partial charge in [-0.1, -0.05) is 22.0 Å². The van der Waals surface area contributed by atoms with E-state index in [4.69, 9.17) is 0 Å². The van der Waals surface area contributed by atoms with Crippen LogP contribution in [0.4, 0.5) is 5.69 Å². The van der Waals surface area contributed by atoms with Crippen LogP contribution in [-0.2, 0) is 20.0 Å². The third kappa shape index (κ3) is 5.89. The Morgan fingerprint density at radius 1 is 1.21 bits per heavy atom. The van der Waals surface area contributed by atoms with Gasteiger partial charge in [0.2, 0.25) is 20.0 Å². The number of hydrogen-bond acceptors (Lipinski definition) is 4. The standard InChI is InChI=1S/C10H15BrN2O4S2/c1-18(14,15)12-6-7-13(19(2,16)17)10-5-3-4-9(11)8-10/h3-5,8,12H,6-7H2,1-2H3. The molecule has 0 fully saturated rings. The molecule has 0 atom stereocenters. The molecule has 0 aliphatic heterocycles. The van der Waals surface area contributed by atoms with Crippen molar-refractivity contribution in [3.63, 3.8) is 0 Å². The molecule has 19 heavy (non-hydrogen) atoms. The summed E-state index contributed by atoms with van der Waals surface area (Å²) in [5.74, 6) is 0. The van der Waals surface area contributed by atoms with Crippen molar-refractivity contribution in [1.82, 2.24) is 4.72 Å². The Labute approximate surface area is 122 Å². The van der Waals surface area contributed by atoms with Crippen LogP contribution in [0.1, 0.15) is 0 Å². The average molecular weight is 371 g/mol. The second-order valence-corrected chi connectivity index (χ2v) is 8.64. The Balaban J connectivity index is 2.92. The van der Waals surface area contributed by atoms with Crippen LogP contribution in [0, 0.1) is 0 Å². The van der Waals surface area contributed by atoms with Gasteiger partial charge in [0.1, 0.15) is 0 Å². The van der Waals surface area contributed by atoms with Crippen LogP contribution < -0.4 is 9.03 Å². The molecule has 0 aliphatic carbocycles. The Morgan fingerprint density at radius 2 is 1.84 bits per heavy atom. The van der Waals surface area contributed by atoms with Gasteiger partial charge in [-0.25, -0.2) is 21.6 Å². The van der Waals surface area contributed by atoms with Gasteiger partial charge >= 0.3 is 0 Å². The van der Waals surface area contributed by atoms with E-state index in [-0.39, 0.29) is 13.1 Å². The summed E-state index contributed by atoms with van der Waals surface area (Å²) >= 11 is 3.26. The van der Waals surface area contributed by atoms with Crippen LogP contribution >= 0.6 is 15.9 Å². The maximum absolute atomic E-state index is 11.7. The molecule has 108 valence electrons. The van der Waals surface area contributed by atoms with Crippen LogP contribution in [0.2, 0.25) is 0 Å². The van der Waals surface area contributed by atoms with E-state index < -0.39 is 20.0 Å². The summed E-state index contributed by atoms with van der Waals surface area (Å²) in [5.41, 5.74) is 0.479.